The fraction of sp³-hybridized carbons (Fsp3) is 0.0833. The molecular formula is C12H11ClN2O. The minimum atomic E-state index is 0.428. The first kappa shape index (κ1) is 10.8. The zero-order chi connectivity index (χ0) is 11.4. The van der Waals surface area contributed by atoms with E-state index < -0.39 is 0 Å². The number of nitrogens with zero attached hydrogens (tertiary/aromatic N) is 1. The van der Waals surface area contributed by atoms with Gasteiger partial charge in [-0.2, -0.15) is 4.98 Å². The van der Waals surface area contributed by atoms with Gasteiger partial charge in [-0.3, -0.25) is 0 Å². The van der Waals surface area contributed by atoms with Crippen LogP contribution in [-0.4, -0.2) is 4.98 Å². The summed E-state index contributed by atoms with van der Waals surface area (Å²) in [5.74, 6) is 0.962. The maximum Gasteiger partial charge on any atom is 0.215 e. The molecule has 1 aromatic heterocycles. The van der Waals surface area contributed by atoms with Crippen molar-refractivity contribution < 1.29 is 4.74 Å². The van der Waals surface area contributed by atoms with Crippen molar-refractivity contribution in [3.8, 4) is 5.88 Å². The normalized spacial score (nSPS) is 10.1. The van der Waals surface area contributed by atoms with Gasteiger partial charge < -0.3 is 10.5 Å². The van der Waals surface area contributed by atoms with Crippen LogP contribution in [0.1, 0.15) is 5.56 Å². The molecule has 0 spiro atoms. The van der Waals surface area contributed by atoms with E-state index in [0.717, 1.165) is 5.56 Å². The number of hydrogen-bond acceptors (Lipinski definition) is 3. The number of aromatic nitrogens is 1. The Kier molecular flexibility index (Phi) is 3.27. The highest BCUT2D eigenvalue weighted by atomic mass is 35.5. The van der Waals surface area contributed by atoms with Crippen molar-refractivity contribution in [2.75, 3.05) is 5.73 Å². The van der Waals surface area contributed by atoms with E-state index in [2.05, 4.69) is 4.98 Å². The van der Waals surface area contributed by atoms with Gasteiger partial charge in [-0.1, -0.05) is 29.8 Å². The van der Waals surface area contributed by atoms with Gasteiger partial charge in [-0.15, -0.1) is 0 Å². The van der Waals surface area contributed by atoms with Crippen LogP contribution >= 0.6 is 11.6 Å². The molecule has 0 aliphatic heterocycles. The van der Waals surface area contributed by atoms with E-state index in [1.54, 1.807) is 18.2 Å². The first-order valence-corrected chi connectivity index (χ1v) is 5.21. The zero-order valence-corrected chi connectivity index (χ0v) is 9.32. The summed E-state index contributed by atoms with van der Waals surface area (Å²) < 4.78 is 5.48. The van der Waals surface area contributed by atoms with Crippen molar-refractivity contribution in [2.45, 2.75) is 6.61 Å². The Morgan fingerprint density at radius 2 is 2.00 bits per heavy atom. The van der Waals surface area contributed by atoms with Crippen molar-refractivity contribution in [3.05, 3.63) is 53.1 Å². The Bertz CT molecular complexity index is 442. The van der Waals surface area contributed by atoms with Gasteiger partial charge in [0.1, 0.15) is 12.4 Å². The quantitative estimate of drug-likeness (QED) is 0.888. The molecule has 1 heterocycles. The van der Waals surface area contributed by atoms with Crippen LogP contribution < -0.4 is 10.5 Å². The number of ether oxygens (including phenoxy) is 1. The molecule has 0 aliphatic carbocycles. The van der Waals surface area contributed by atoms with E-state index in [1.807, 2.05) is 24.3 Å². The number of anilines is 1. The average molecular weight is 235 g/mol. The molecule has 0 radical (unpaired) electrons. The molecule has 0 unspecified atom stereocenters. The Hall–Kier alpha value is -1.74. The second-order valence-corrected chi connectivity index (χ2v) is 3.76. The molecule has 0 saturated carbocycles. The van der Waals surface area contributed by atoms with Crippen LogP contribution in [0.4, 0.5) is 5.82 Å². The lowest BCUT2D eigenvalue weighted by atomic mass is 10.2. The second kappa shape index (κ2) is 4.86. The molecule has 0 fully saturated rings. The van der Waals surface area contributed by atoms with Gasteiger partial charge in [0.2, 0.25) is 5.88 Å². The largest absolute Gasteiger partial charge is 0.473 e. The molecule has 0 bridgehead atoms. The number of nitrogens with two attached hydrogens (primary N) is 1. The summed E-state index contributed by atoms with van der Waals surface area (Å²) >= 11 is 5.86. The van der Waals surface area contributed by atoms with Crippen molar-refractivity contribution in [2.24, 2.45) is 0 Å². The summed E-state index contributed by atoms with van der Waals surface area (Å²) in [7, 11) is 0. The van der Waals surface area contributed by atoms with Crippen LogP contribution in [0.3, 0.4) is 0 Å². The highest BCUT2D eigenvalue weighted by Gasteiger charge is 1.98. The molecule has 2 aromatic rings. The van der Waals surface area contributed by atoms with Crippen LogP contribution in [0, 0.1) is 0 Å². The summed E-state index contributed by atoms with van der Waals surface area (Å²) in [5, 5.41) is 0.696. The van der Waals surface area contributed by atoms with Crippen LogP contribution in [0.15, 0.2) is 42.5 Å². The first-order chi connectivity index (χ1) is 7.74. The Balaban J connectivity index is 2.02. The van der Waals surface area contributed by atoms with Gasteiger partial charge in [0.05, 0.1) is 0 Å². The van der Waals surface area contributed by atoms with E-state index in [1.165, 1.54) is 0 Å². The van der Waals surface area contributed by atoms with Gasteiger partial charge in [0, 0.05) is 11.1 Å². The molecule has 0 amide bonds. The predicted octanol–water partition coefficient (Wildman–Crippen LogP) is 2.90. The lowest BCUT2D eigenvalue weighted by molar-refractivity contribution is 0.294. The summed E-state index contributed by atoms with van der Waals surface area (Å²) in [6, 6.07) is 12.8. The van der Waals surface area contributed by atoms with Crippen LogP contribution in [0.2, 0.25) is 5.02 Å². The van der Waals surface area contributed by atoms with Gasteiger partial charge >= 0.3 is 0 Å². The Morgan fingerprint density at radius 3 is 2.75 bits per heavy atom. The summed E-state index contributed by atoms with van der Waals surface area (Å²) in [6.45, 7) is 0.428. The van der Waals surface area contributed by atoms with Gasteiger partial charge in [-0.25, -0.2) is 0 Å². The third-order valence-corrected chi connectivity index (χ3v) is 2.26. The van der Waals surface area contributed by atoms with E-state index in [-0.39, 0.29) is 0 Å². The van der Waals surface area contributed by atoms with Crippen LogP contribution in [0.25, 0.3) is 0 Å². The lowest BCUT2D eigenvalue weighted by Crippen LogP contribution is -1.98. The Morgan fingerprint density at radius 1 is 1.19 bits per heavy atom. The number of benzene rings is 1. The fourth-order valence-corrected chi connectivity index (χ4v) is 1.51. The minimum absolute atomic E-state index is 0.428. The van der Waals surface area contributed by atoms with Crippen molar-refractivity contribution in [1.82, 2.24) is 4.98 Å². The molecule has 2 N–H and O–H groups in total. The van der Waals surface area contributed by atoms with E-state index in [0.29, 0.717) is 23.3 Å². The second-order valence-electron chi connectivity index (χ2n) is 3.32. The standard InChI is InChI=1S/C12H11ClN2O/c13-10-4-1-3-9(7-10)8-16-12-6-2-5-11(14)15-12/h1-7H,8H2,(H2,14,15). The first-order valence-electron chi connectivity index (χ1n) is 4.84. The highest BCUT2D eigenvalue weighted by Crippen LogP contribution is 2.14. The van der Waals surface area contributed by atoms with Crippen LogP contribution in [-0.2, 0) is 6.61 Å². The number of rotatable bonds is 3. The lowest BCUT2D eigenvalue weighted by Gasteiger charge is -2.05. The highest BCUT2D eigenvalue weighted by molar-refractivity contribution is 6.30. The van der Waals surface area contributed by atoms with Gasteiger partial charge in [0.15, 0.2) is 0 Å². The topological polar surface area (TPSA) is 48.1 Å². The van der Waals surface area contributed by atoms with Gasteiger partial charge in [0.25, 0.3) is 0 Å². The number of hydrogen-bond donors (Lipinski definition) is 1. The van der Waals surface area contributed by atoms with Crippen molar-refractivity contribution >= 4 is 17.4 Å². The summed E-state index contributed by atoms with van der Waals surface area (Å²) in [6.07, 6.45) is 0. The number of pyridine rings is 1. The predicted molar refractivity (Wildman–Crippen MR) is 64.4 cm³/mol. The maximum absolute atomic E-state index is 5.86. The molecule has 0 aliphatic rings. The molecule has 0 saturated heterocycles. The SMILES string of the molecule is Nc1cccc(OCc2cccc(Cl)c2)n1. The smallest absolute Gasteiger partial charge is 0.215 e. The van der Waals surface area contributed by atoms with E-state index in [4.69, 9.17) is 22.1 Å². The molecule has 16 heavy (non-hydrogen) atoms. The van der Waals surface area contributed by atoms with Crippen molar-refractivity contribution in [1.29, 1.82) is 0 Å². The van der Waals surface area contributed by atoms with E-state index >= 15 is 0 Å². The number of halogens is 1. The van der Waals surface area contributed by atoms with E-state index in [9.17, 15) is 0 Å². The average Bonchev–Trinajstić information content (AvgIpc) is 2.27. The maximum atomic E-state index is 5.86. The molecule has 82 valence electrons. The third-order valence-electron chi connectivity index (χ3n) is 2.02. The van der Waals surface area contributed by atoms with Crippen LogP contribution in [0.5, 0.6) is 5.88 Å². The van der Waals surface area contributed by atoms with Gasteiger partial charge in [-0.05, 0) is 23.8 Å². The molecule has 4 heteroatoms. The monoisotopic (exact) mass is 234 g/mol. The summed E-state index contributed by atoms with van der Waals surface area (Å²) in [5.41, 5.74) is 6.54. The Labute approximate surface area is 98.8 Å². The molecule has 3 nitrogen and oxygen atoms in total. The molecular weight excluding hydrogens is 224 g/mol. The molecule has 0 atom stereocenters. The third kappa shape index (κ3) is 2.87. The zero-order valence-electron chi connectivity index (χ0n) is 8.56. The van der Waals surface area contributed by atoms with Crippen molar-refractivity contribution in [3.63, 3.8) is 0 Å². The summed E-state index contributed by atoms with van der Waals surface area (Å²) in [4.78, 5) is 4.03. The number of nitrogen functional groups attached to an aromatic ring is 1. The minimum Gasteiger partial charge on any atom is -0.473 e. The fourth-order valence-electron chi connectivity index (χ4n) is 1.30. The molecule has 2 rings (SSSR count). The molecule has 1 aromatic carbocycles.